The summed E-state index contributed by atoms with van der Waals surface area (Å²) in [5.74, 6) is 0. The smallest absolute Gasteiger partial charge is 0.264 e. The van der Waals surface area contributed by atoms with Crippen molar-refractivity contribution >= 4 is 10.1 Å². The normalized spacial score (nSPS) is 13.6. The van der Waals surface area contributed by atoms with Crippen LogP contribution in [0.4, 0.5) is 0 Å². The highest BCUT2D eigenvalue weighted by Gasteiger charge is 2.21. The van der Waals surface area contributed by atoms with E-state index in [1.165, 1.54) is 0 Å². The lowest BCUT2D eigenvalue weighted by atomic mass is 10.1. The van der Waals surface area contributed by atoms with Crippen molar-refractivity contribution in [2.45, 2.75) is 19.4 Å². The van der Waals surface area contributed by atoms with Crippen molar-refractivity contribution in [2.24, 2.45) is 5.73 Å². The summed E-state index contributed by atoms with van der Waals surface area (Å²) in [4.78, 5) is 0. The predicted molar refractivity (Wildman–Crippen MR) is 39.1 cm³/mol. The zero-order valence-corrected chi connectivity index (χ0v) is 7.23. The van der Waals surface area contributed by atoms with E-state index in [4.69, 9.17) is 5.73 Å². The number of rotatable bonds is 3. The van der Waals surface area contributed by atoms with E-state index in [0.29, 0.717) is 0 Å². The minimum Gasteiger partial charge on any atom is -0.328 e. The molecule has 0 radical (unpaired) electrons. The number of hydrogen-bond acceptors (Lipinski definition) is 4. The van der Waals surface area contributed by atoms with Crippen molar-refractivity contribution in [2.75, 3.05) is 12.8 Å². The fraction of sp³-hybridized carbons (Fsp3) is 1.00. The fourth-order valence-corrected chi connectivity index (χ4v) is 1.33. The third-order valence-corrected chi connectivity index (χ3v) is 1.62. The van der Waals surface area contributed by atoms with Crippen LogP contribution in [0.25, 0.3) is 0 Å². The predicted octanol–water partition coefficient (Wildman–Crippen LogP) is -0.300. The molecule has 0 aromatic rings. The summed E-state index contributed by atoms with van der Waals surface area (Å²) < 4.78 is 25.7. The Morgan fingerprint density at radius 3 is 2.00 bits per heavy atom. The van der Waals surface area contributed by atoms with E-state index in [1.54, 1.807) is 13.8 Å². The lowest BCUT2D eigenvalue weighted by Crippen LogP contribution is -2.35. The van der Waals surface area contributed by atoms with Crippen LogP contribution < -0.4 is 5.73 Å². The van der Waals surface area contributed by atoms with Gasteiger partial charge in [-0.05, 0) is 13.8 Å². The quantitative estimate of drug-likeness (QED) is 0.586. The van der Waals surface area contributed by atoms with Crippen molar-refractivity contribution in [3.05, 3.63) is 0 Å². The van der Waals surface area contributed by atoms with Gasteiger partial charge in [-0.1, -0.05) is 0 Å². The summed E-state index contributed by atoms with van der Waals surface area (Å²) in [6, 6.07) is 0. The Morgan fingerprint density at radius 1 is 1.50 bits per heavy atom. The maximum absolute atomic E-state index is 10.5. The summed E-state index contributed by atoms with van der Waals surface area (Å²) in [6.07, 6.45) is 1.00. The SMILES string of the molecule is CC(C)(CN)OS(C)(=O)=O. The van der Waals surface area contributed by atoms with Gasteiger partial charge in [0.05, 0.1) is 11.9 Å². The summed E-state index contributed by atoms with van der Waals surface area (Å²) in [7, 11) is -3.37. The number of nitrogens with two attached hydrogens (primary N) is 1. The molecule has 2 N–H and O–H groups in total. The van der Waals surface area contributed by atoms with E-state index in [2.05, 4.69) is 4.18 Å². The van der Waals surface area contributed by atoms with Gasteiger partial charge in [0.25, 0.3) is 10.1 Å². The Morgan fingerprint density at radius 2 is 1.90 bits per heavy atom. The van der Waals surface area contributed by atoms with E-state index in [9.17, 15) is 8.42 Å². The van der Waals surface area contributed by atoms with Gasteiger partial charge in [0.15, 0.2) is 0 Å². The van der Waals surface area contributed by atoms with E-state index in [0.717, 1.165) is 6.26 Å². The molecule has 0 aliphatic heterocycles. The molecule has 0 heterocycles. The van der Waals surface area contributed by atoms with Crippen LogP contribution in [-0.4, -0.2) is 26.8 Å². The highest BCUT2D eigenvalue weighted by Crippen LogP contribution is 2.09. The summed E-state index contributed by atoms with van der Waals surface area (Å²) in [5.41, 5.74) is 4.44. The molecule has 0 aliphatic rings. The van der Waals surface area contributed by atoms with Crippen LogP contribution in [0, 0.1) is 0 Å². The molecule has 0 aliphatic carbocycles. The number of hydrogen-bond donors (Lipinski definition) is 1. The Balaban J connectivity index is 4.16. The molecule has 0 fully saturated rings. The molecule has 0 saturated carbocycles. The van der Waals surface area contributed by atoms with Gasteiger partial charge < -0.3 is 5.73 Å². The second-order valence-corrected chi connectivity index (χ2v) is 4.33. The van der Waals surface area contributed by atoms with Gasteiger partial charge >= 0.3 is 0 Å². The van der Waals surface area contributed by atoms with Crippen molar-refractivity contribution in [1.29, 1.82) is 0 Å². The second kappa shape index (κ2) is 2.86. The lowest BCUT2D eigenvalue weighted by molar-refractivity contribution is 0.129. The highest BCUT2D eigenvalue weighted by atomic mass is 32.2. The first kappa shape index (κ1) is 9.87. The Kier molecular flexibility index (Phi) is 2.82. The highest BCUT2D eigenvalue weighted by molar-refractivity contribution is 7.86. The summed E-state index contributed by atoms with van der Waals surface area (Å²) >= 11 is 0. The van der Waals surface area contributed by atoms with E-state index in [-0.39, 0.29) is 6.54 Å². The molecule has 0 atom stereocenters. The Hall–Kier alpha value is -0.130. The molecule has 10 heavy (non-hydrogen) atoms. The minimum atomic E-state index is -3.37. The first-order chi connectivity index (χ1) is 4.27. The lowest BCUT2D eigenvalue weighted by Gasteiger charge is -2.20. The Bertz CT molecular complexity index is 195. The molecule has 0 saturated heterocycles. The van der Waals surface area contributed by atoms with Gasteiger partial charge in [-0.3, -0.25) is 4.18 Å². The van der Waals surface area contributed by atoms with Crippen LogP contribution in [0.1, 0.15) is 13.8 Å². The zero-order chi connectivity index (χ0) is 8.41. The van der Waals surface area contributed by atoms with Gasteiger partial charge in [0.2, 0.25) is 0 Å². The zero-order valence-electron chi connectivity index (χ0n) is 6.42. The van der Waals surface area contributed by atoms with Gasteiger partial charge in [0.1, 0.15) is 0 Å². The molecule has 4 nitrogen and oxygen atoms in total. The van der Waals surface area contributed by atoms with Crippen molar-refractivity contribution in [1.82, 2.24) is 0 Å². The molecular formula is C5H13NO3S. The van der Waals surface area contributed by atoms with Crippen LogP contribution >= 0.6 is 0 Å². The van der Waals surface area contributed by atoms with Crippen LogP contribution in [0.2, 0.25) is 0 Å². The minimum absolute atomic E-state index is 0.181. The molecule has 62 valence electrons. The van der Waals surface area contributed by atoms with Gasteiger partial charge in [-0.15, -0.1) is 0 Å². The average molecular weight is 167 g/mol. The third-order valence-electron chi connectivity index (χ3n) is 0.869. The van der Waals surface area contributed by atoms with Crippen LogP contribution in [0.15, 0.2) is 0 Å². The Labute approximate surface area is 61.5 Å². The van der Waals surface area contributed by atoms with E-state index in [1.807, 2.05) is 0 Å². The molecule has 0 bridgehead atoms. The van der Waals surface area contributed by atoms with Gasteiger partial charge in [0, 0.05) is 6.54 Å². The standard InChI is InChI=1S/C5H13NO3S/c1-5(2,4-6)9-10(3,7)8/h4,6H2,1-3H3. The maximum Gasteiger partial charge on any atom is 0.264 e. The molecule has 0 amide bonds. The molecule has 0 spiro atoms. The van der Waals surface area contributed by atoms with Crippen LogP contribution in [0.3, 0.4) is 0 Å². The van der Waals surface area contributed by atoms with Crippen LogP contribution in [-0.2, 0) is 14.3 Å². The molecular weight excluding hydrogens is 154 g/mol. The van der Waals surface area contributed by atoms with Crippen molar-refractivity contribution < 1.29 is 12.6 Å². The monoisotopic (exact) mass is 167 g/mol. The summed E-state index contributed by atoms with van der Waals surface area (Å²) in [6.45, 7) is 3.42. The largest absolute Gasteiger partial charge is 0.328 e. The first-order valence-electron chi connectivity index (χ1n) is 2.87. The molecule has 5 heteroatoms. The molecule has 0 aromatic carbocycles. The average Bonchev–Trinajstić information content (AvgIpc) is 1.60. The maximum atomic E-state index is 10.5. The molecule has 0 rings (SSSR count). The first-order valence-corrected chi connectivity index (χ1v) is 4.69. The molecule has 0 aromatic heterocycles. The third kappa shape index (κ3) is 4.72. The van der Waals surface area contributed by atoms with E-state index < -0.39 is 15.7 Å². The topological polar surface area (TPSA) is 69.4 Å². The van der Waals surface area contributed by atoms with Gasteiger partial charge in [-0.2, -0.15) is 8.42 Å². The van der Waals surface area contributed by atoms with Crippen molar-refractivity contribution in [3.63, 3.8) is 0 Å². The second-order valence-electron chi connectivity index (χ2n) is 2.75. The fourth-order valence-electron chi connectivity index (χ4n) is 0.444. The van der Waals surface area contributed by atoms with Crippen LogP contribution in [0.5, 0.6) is 0 Å². The van der Waals surface area contributed by atoms with E-state index >= 15 is 0 Å². The summed E-state index contributed by atoms with van der Waals surface area (Å²) in [5, 5.41) is 0. The molecule has 0 unspecified atom stereocenters. The van der Waals surface area contributed by atoms with Gasteiger partial charge in [-0.25, -0.2) is 0 Å². The van der Waals surface area contributed by atoms with Crippen molar-refractivity contribution in [3.8, 4) is 0 Å².